The van der Waals surface area contributed by atoms with Gasteiger partial charge in [0, 0.05) is 25.6 Å². The SMILES string of the molecule is COc1ccc(C2=NN(C(=O)CN3CCC(n4c(=O)[nH]c5ccccc54)CC3)[C@@H](c3ccco3)C2)cc1. The first-order valence-corrected chi connectivity index (χ1v) is 12.6. The second-order valence-electron chi connectivity index (χ2n) is 9.57. The summed E-state index contributed by atoms with van der Waals surface area (Å²) < 4.78 is 12.8. The lowest BCUT2D eigenvalue weighted by molar-refractivity contribution is -0.134. The Morgan fingerprint density at radius 2 is 1.86 bits per heavy atom. The number of rotatable bonds is 6. The van der Waals surface area contributed by atoms with E-state index in [0.29, 0.717) is 6.42 Å². The van der Waals surface area contributed by atoms with E-state index in [9.17, 15) is 9.59 Å². The standard InChI is InChI=1S/C28H29N5O4/c1-36-21-10-8-19(9-11-21)23-17-25(26-7-4-16-37-26)33(30-23)27(34)18-31-14-12-20(13-15-31)32-24-6-3-2-5-22(24)29-28(32)35/h2-11,16,20,25H,12-15,17-18H2,1H3,(H,29,35)/t25-/m1/s1. The Morgan fingerprint density at radius 1 is 1.08 bits per heavy atom. The van der Waals surface area contributed by atoms with Gasteiger partial charge in [0.15, 0.2) is 0 Å². The van der Waals surface area contributed by atoms with Crippen LogP contribution in [-0.4, -0.2) is 57.8 Å². The van der Waals surface area contributed by atoms with E-state index in [2.05, 4.69) is 9.88 Å². The molecule has 2 aliphatic heterocycles. The van der Waals surface area contributed by atoms with Crippen LogP contribution in [0, 0.1) is 0 Å². The number of aromatic nitrogens is 2. The van der Waals surface area contributed by atoms with Crippen LogP contribution in [0.3, 0.4) is 0 Å². The van der Waals surface area contributed by atoms with E-state index < -0.39 is 0 Å². The minimum Gasteiger partial charge on any atom is -0.497 e. The summed E-state index contributed by atoms with van der Waals surface area (Å²) in [4.78, 5) is 31.2. The van der Waals surface area contributed by atoms with E-state index in [1.165, 1.54) is 0 Å². The summed E-state index contributed by atoms with van der Waals surface area (Å²) >= 11 is 0. The fourth-order valence-corrected chi connectivity index (χ4v) is 5.44. The molecule has 0 aliphatic carbocycles. The zero-order valence-corrected chi connectivity index (χ0v) is 20.7. The number of hydrogen-bond acceptors (Lipinski definition) is 6. The normalized spacial score (nSPS) is 18.9. The van der Waals surface area contributed by atoms with Crippen LogP contribution in [0.25, 0.3) is 11.0 Å². The number of carbonyl (C=O) groups excluding carboxylic acids is 1. The van der Waals surface area contributed by atoms with E-state index in [1.54, 1.807) is 18.4 Å². The molecule has 1 fully saturated rings. The number of piperidine rings is 1. The molecule has 2 aromatic heterocycles. The van der Waals surface area contributed by atoms with Crippen molar-refractivity contribution in [1.82, 2.24) is 19.5 Å². The summed E-state index contributed by atoms with van der Waals surface area (Å²) in [5.41, 5.74) is 3.51. The van der Waals surface area contributed by atoms with Crippen molar-refractivity contribution in [3.05, 3.63) is 88.7 Å². The number of nitrogens with zero attached hydrogens (tertiary/aromatic N) is 4. The molecule has 2 aliphatic rings. The molecule has 0 spiro atoms. The molecule has 0 bridgehead atoms. The second-order valence-corrected chi connectivity index (χ2v) is 9.57. The molecule has 1 N–H and O–H groups in total. The highest BCUT2D eigenvalue weighted by molar-refractivity contribution is 6.03. The van der Waals surface area contributed by atoms with Gasteiger partial charge in [-0.2, -0.15) is 5.10 Å². The van der Waals surface area contributed by atoms with Crippen molar-refractivity contribution in [2.24, 2.45) is 5.10 Å². The first kappa shape index (κ1) is 23.3. The monoisotopic (exact) mass is 499 g/mol. The number of aromatic amines is 1. The van der Waals surface area contributed by atoms with Gasteiger partial charge in [-0.1, -0.05) is 12.1 Å². The number of likely N-dealkylation sites (tertiary alicyclic amines) is 1. The second kappa shape index (κ2) is 9.74. The van der Waals surface area contributed by atoms with Crippen molar-refractivity contribution in [1.29, 1.82) is 0 Å². The van der Waals surface area contributed by atoms with Gasteiger partial charge >= 0.3 is 5.69 Å². The molecule has 0 saturated carbocycles. The number of hydrogen-bond donors (Lipinski definition) is 1. The molecule has 37 heavy (non-hydrogen) atoms. The number of H-pyrrole nitrogens is 1. The highest BCUT2D eigenvalue weighted by Gasteiger charge is 2.36. The van der Waals surface area contributed by atoms with Crippen molar-refractivity contribution in [2.45, 2.75) is 31.3 Å². The highest BCUT2D eigenvalue weighted by atomic mass is 16.5. The van der Waals surface area contributed by atoms with E-state index in [0.717, 1.165) is 59.7 Å². The number of para-hydroxylation sites is 2. The topological polar surface area (TPSA) is 96.1 Å². The maximum Gasteiger partial charge on any atom is 0.326 e. The largest absolute Gasteiger partial charge is 0.497 e. The van der Waals surface area contributed by atoms with Gasteiger partial charge in [0.05, 0.1) is 36.7 Å². The molecule has 9 nitrogen and oxygen atoms in total. The van der Waals surface area contributed by atoms with Crippen molar-refractivity contribution < 1.29 is 13.9 Å². The minimum absolute atomic E-state index is 0.0624. The van der Waals surface area contributed by atoms with Gasteiger partial charge in [-0.3, -0.25) is 14.3 Å². The number of benzene rings is 2. The van der Waals surface area contributed by atoms with Crippen LogP contribution in [-0.2, 0) is 4.79 Å². The number of ether oxygens (including phenoxy) is 1. The lowest BCUT2D eigenvalue weighted by atomic mass is 10.0. The molecule has 6 rings (SSSR count). The number of methoxy groups -OCH3 is 1. The average molecular weight is 500 g/mol. The minimum atomic E-state index is -0.276. The van der Waals surface area contributed by atoms with Crippen molar-refractivity contribution in [3.8, 4) is 5.75 Å². The number of nitrogens with one attached hydrogen (secondary N) is 1. The Hall–Kier alpha value is -4.11. The molecule has 1 saturated heterocycles. The number of hydrazone groups is 1. The Balaban J connectivity index is 1.16. The van der Waals surface area contributed by atoms with Gasteiger partial charge in [-0.05, 0) is 66.9 Å². The van der Waals surface area contributed by atoms with E-state index in [-0.39, 0.29) is 30.2 Å². The number of furan rings is 1. The van der Waals surface area contributed by atoms with Crippen LogP contribution < -0.4 is 10.4 Å². The highest BCUT2D eigenvalue weighted by Crippen LogP contribution is 2.34. The summed E-state index contributed by atoms with van der Waals surface area (Å²) in [5, 5.41) is 6.32. The summed E-state index contributed by atoms with van der Waals surface area (Å²) in [6, 6.07) is 19.0. The van der Waals surface area contributed by atoms with Crippen LogP contribution in [0.15, 0.2) is 81.2 Å². The Morgan fingerprint density at radius 3 is 2.59 bits per heavy atom. The Labute approximate surface area is 213 Å². The van der Waals surface area contributed by atoms with Gasteiger partial charge in [-0.15, -0.1) is 0 Å². The summed E-state index contributed by atoms with van der Waals surface area (Å²) in [5.74, 6) is 1.43. The zero-order chi connectivity index (χ0) is 25.4. The predicted molar refractivity (Wildman–Crippen MR) is 140 cm³/mol. The molecule has 0 unspecified atom stereocenters. The molecule has 1 amide bonds. The molecular formula is C28H29N5O4. The lowest BCUT2D eigenvalue weighted by Gasteiger charge is -2.33. The van der Waals surface area contributed by atoms with Gasteiger partial charge in [-0.25, -0.2) is 9.80 Å². The third-order valence-electron chi connectivity index (χ3n) is 7.37. The number of imidazole rings is 1. The smallest absolute Gasteiger partial charge is 0.326 e. The van der Waals surface area contributed by atoms with Crippen molar-refractivity contribution in [2.75, 3.05) is 26.7 Å². The zero-order valence-electron chi connectivity index (χ0n) is 20.7. The van der Waals surface area contributed by atoms with E-state index in [4.69, 9.17) is 14.3 Å². The molecule has 190 valence electrons. The number of fused-ring (bicyclic) bond motifs is 1. The van der Waals surface area contributed by atoms with E-state index in [1.807, 2.05) is 65.2 Å². The van der Waals surface area contributed by atoms with Crippen LogP contribution in [0.4, 0.5) is 0 Å². The van der Waals surface area contributed by atoms with Gasteiger partial charge in [0.25, 0.3) is 5.91 Å². The maximum atomic E-state index is 13.5. The third-order valence-corrected chi connectivity index (χ3v) is 7.37. The van der Waals surface area contributed by atoms with Crippen LogP contribution in [0.5, 0.6) is 5.75 Å². The first-order chi connectivity index (χ1) is 18.1. The van der Waals surface area contributed by atoms with Gasteiger partial charge < -0.3 is 14.1 Å². The lowest BCUT2D eigenvalue weighted by Crippen LogP contribution is -2.43. The number of amides is 1. The molecule has 2 aromatic carbocycles. The average Bonchev–Trinajstić information content (AvgIpc) is 3.67. The van der Waals surface area contributed by atoms with Gasteiger partial charge in [0.1, 0.15) is 17.6 Å². The third kappa shape index (κ3) is 4.46. The van der Waals surface area contributed by atoms with Crippen LogP contribution >= 0.6 is 0 Å². The fraction of sp³-hybridized carbons (Fsp3) is 0.321. The predicted octanol–water partition coefficient (Wildman–Crippen LogP) is 3.95. The quantitative estimate of drug-likeness (QED) is 0.434. The fourth-order valence-electron chi connectivity index (χ4n) is 5.44. The van der Waals surface area contributed by atoms with Crippen molar-refractivity contribution >= 4 is 22.7 Å². The van der Waals surface area contributed by atoms with Crippen molar-refractivity contribution in [3.63, 3.8) is 0 Å². The number of carbonyl (C=O) groups is 1. The first-order valence-electron chi connectivity index (χ1n) is 12.6. The molecular weight excluding hydrogens is 470 g/mol. The Bertz CT molecular complexity index is 1480. The molecule has 1 atom stereocenters. The Kier molecular flexibility index (Phi) is 6.13. The maximum absolute atomic E-state index is 13.5. The summed E-state index contributed by atoms with van der Waals surface area (Å²) in [6.07, 6.45) is 3.81. The van der Waals surface area contributed by atoms with Gasteiger partial charge in [0.2, 0.25) is 0 Å². The van der Waals surface area contributed by atoms with E-state index >= 15 is 0 Å². The summed E-state index contributed by atoms with van der Waals surface area (Å²) in [7, 11) is 1.64. The molecule has 9 heteroatoms. The molecule has 0 radical (unpaired) electrons. The van der Waals surface area contributed by atoms with Crippen LogP contribution in [0.2, 0.25) is 0 Å². The summed E-state index contributed by atoms with van der Waals surface area (Å²) in [6.45, 7) is 1.74. The molecule has 4 heterocycles. The molecule has 4 aromatic rings. The van der Waals surface area contributed by atoms with Crippen LogP contribution in [0.1, 0.15) is 42.7 Å².